The van der Waals surface area contributed by atoms with Crippen LogP contribution in [0.15, 0.2) is 42.5 Å². The minimum absolute atomic E-state index is 0. The van der Waals surface area contributed by atoms with E-state index < -0.39 is 29.1 Å². The molecule has 0 aliphatic rings. The number of halogens is 5. The molecule has 0 radical (unpaired) electrons. The Balaban J connectivity index is 0.000000414. The molecule has 0 bridgehead atoms. The molecule has 3 aromatic rings. The molecule has 0 amide bonds. The summed E-state index contributed by atoms with van der Waals surface area (Å²) in [5.74, 6) is -3.09. The molecule has 0 spiro atoms. The zero-order valence-corrected chi connectivity index (χ0v) is 16.7. The zero-order chi connectivity index (χ0) is 21.8. The molecule has 0 fully saturated rings. The first-order valence-electron chi connectivity index (χ1n) is 7.84. The van der Waals surface area contributed by atoms with Crippen molar-refractivity contribution in [3.8, 4) is 17.2 Å². The van der Waals surface area contributed by atoms with E-state index in [1.165, 1.54) is 45.6 Å². The maximum atomic E-state index is 12.3. The maximum Gasteiger partial charge on any atom is 1.00 e. The normalized spacial score (nSPS) is 8.80. The molecule has 0 unspecified atom stereocenters. The summed E-state index contributed by atoms with van der Waals surface area (Å²) in [6.07, 6.45) is 0. The molecule has 3 aromatic carbocycles. The first-order chi connectivity index (χ1) is 13.8. The SMILES string of the molecule is COc1[c-]c(F)c(F)cc1.COc1c#cc(F)cc1.COc1ccc(F)c(F)c1.[Li+]. The van der Waals surface area contributed by atoms with Gasteiger partial charge in [0.15, 0.2) is 23.2 Å². The Morgan fingerprint density at radius 1 is 0.700 bits per heavy atom. The van der Waals surface area contributed by atoms with E-state index in [0.29, 0.717) is 11.5 Å². The molecule has 0 heterocycles. The number of ether oxygens (including phenoxy) is 3. The van der Waals surface area contributed by atoms with E-state index in [-0.39, 0.29) is 24.6 Å². The van der Waals surface area contributed by atoms with Crippen molar-refractivity contribution < 1.29 is 55.0 Å². The topological polar surface area (TPSA) is 27.7 Å². The Morgan fingerprint density at radius 3 is 1.83 bits per heavy atom. The van der Waals surface area contributed by atoms with Crippen LogP contribution < -0.4 is 33.1 Å². The summed E-state index contributed by atoms with van der Waals surface area (Å²) in [6.45, 7) is 0. The van der Waals surface area contributed by atoms with Gasteiger partial charge in [0.25, 0.3) is 0 Å². The molecule has 0 atom stereocenters. The van der Waals surface area contributed by atoms with Crippen LogP contribution in [0.2, 0.25) is 0 Å². The van der Waals surface area contributed by atoms with Crippen molar-refractivity contribution in [2.45, 2.75) is 0 Å². The van der Waals surface area contributed by atoms with Crippen molar-refractivity contribution in [3.63, 3.8) is 0 Å². The predicted molar refractivity (Wildman–Crippen MR) is 95.3 cm³/mol. The third-order valence-electron chi connectivity index (χ3n) is 3.08. The van der Waals surface area contributed by atoms with E-state index in [4.69, 9.17) is 4.74 Å². The van der Waals surface area contributed by atoms with Crippen molar-refractivity contribution in [1.82, 2.24) is 0 Å². The van der Waals surface area contributed by atoms with Gasteiger partial charge >= 0.3 is 18.9 Å². The van der Waals surface area contributed by atoms with Crippen molar-refractivity contribution >= 4 is 0 Å². The van der Waals surface area contributed by atoms with Crippen LogP contribution in [-0.4, -0.2) is 21.3 Å². The van der Waals surface area contributed by atoms with Crippen LogP contribution >= 0.6 is 0 Å². The summed E-state index contributed by atoms with van der Waals surface area (Å²) in [5.41, 5.74) is 0. The van der Waals surface area contributed by atoms with Crippen molar-refractivity contribution in [2.24, 2.45) is 0 Å². The molecule has 0 saturated carbocycles. The summed E-state index contributed by atoms with van der Waals surface area (Å²) in [6, 6.07) is 15.2. The Hall–Kier alpha value is -2.87. The summed E-state index contributed by atoms with van der Waals surface area (Å²) < 4.78 is 75.0. The smallest absolute Gasteiger partial charge is 0.523 e. The van der Waals surface area contributed by atoms with Crippen molar-refractivity contribution in [3.05, 3.63) is 89.7 Å². The zero-order valence-electron chi connectivity index (χ0n) is 16.7. The number of benzene rings is 2. The van der Waals surface area contributed by atoms with Crippen molar-refractivity contribution in [1.29, 1.82) is 0 Å². The fraction of sp³-hybridized carbons (Fsp3) is 0.143. The van der Waals surface area contributed by atoms with Gasteiger partial charge < -0.3 is 14.2 Å². The molecule has 9 heteroatoms. The van der Waals surface area contributed by atoms with Gasteiger partial charge in [-0.1, -0.05) is 6.07 Å². The second kappa shape index (κ2) is 14.2. The monoisotopic (exact) mass is 418 g/mol. The molecule has 0 aromatic heterocycles. The van der Waals surface area contributed by atoms with E-state index in [2.05, 4.69) is 27.7 Å². The summed E-state index contributed by atoms with van der Waals surface area (Å²) >= 11 is 0. The second-order valence-electron chi connectivity index (χ2n) is 4.97. The van der Waals surface area contributed by atoms with E-state index in [1.807, 2.05) is 0 Å². The maximum absolute atomic E-state index is 12.3. The quantitative estimate of drug-likeness (QED) is 0.371. The predicted octanol–water partition coefficient (Wildman–Crippen LogP) is 2.19. The van der Waals surface area contributed by atoms with Crippen LogP contribution in [0.25, 0.3) is 0 Å². The van der Waals surface area contributed by atoms with Gasteiger partial charge in [-0.15, -0.1) is 12.1 Å². The number of hydrogen-bond donors (Lipinski definition) is 0. The first kappa shape index (κ1) is 27.1. The largest absolute Gasteiger partial charge is 1.00 e. The summed E-state index contributed by atoms with van der Waals surface area (Å²) in [4.78, 5) is 0. The van der Waals surface area contributed by atoms with Crippen LogP contribution in [0.5, 0.6) is 17.2 Å². The summed E-state index contributed by atoms with van der Waals surface area (Å²) in [7, 11) is 4.26. The van der Waals surface area contributed by atoms with E-state index in [0.717, 1.165) is 18.2 Å². The molecule has 30 heavy (non-hydrogen) atoms. The third kappa shape index (κ3) is 9.55. The van der Waals surface area contributed by atoms with Crippen LogP contribution in [0.3, 0.4) is 0 Å². The number of rotatable bonds is 3. The number of hydrogen-bond acceptors (Lipinski definition) is 3. The fourth-order valence-electron chi connectivity index (χ4n) is 1.63. The van der Waals surface area contributed by atoms with Crippen LogP contribution in [-0.2, 0) is 0 Å². The van der Waals surface area contributed by atoms with Crippen LogP contribution in [0.4, 0.5) is 22.0 Å². The minimum atomic E-state index is -1.01. The second-order valence-corrected chi connectivity index (χ2v) is 4.97. The van der Waals surface area contributed by atoms with Gasteiger partial charge in [-0.3, -0.25) is 4.39 Å². The van der Waals surface area contributed by atoms with Gasteiger partial charge in [0, 0.05) is 23.5 Å². The molecular formula is C21H16F5LiO3. The molecular weight excluding hydrogens is 402 g/mol. The van der Waals surface area contributed by atoms with Crippen LogP contribution in [0.1, 0.15) is 0 Å². The third-order valence-corrected chi connectivity index (χ3v) is 3.08. The number of methoxy groups -OCH3 is 3. The molecule has 0 aliphatic carbocycles. The van der Waals surface area contributed by atoms with Gasteiger partial charge in [-0.2, -0.15) is 4.39 Å². The molecule has 3 nitrogen and oxygen atoms in total. The van der Waals surface area contributed by atoms with E-state index in [9.17, 15) is 22.0 Å². The minimum Gasteiger partial charge on any atom is -0.523 e. The average molecular weight is 418 g/mol. The average Bonchev–Trinajstić information content (AvgIpc) is 2.73. The molecule has 154 valence electrons. The Bertz CT molecular complexity index is 841. The Kier molecular flexibility index (Phi) is 12.8. The molecule has 3 rings (SSSR count). The summed E-state index contributed by atoms with van der Waals surface area (Å²) in [5, 5.41) is 0. The van der Waals surface area contributed by atoms with Crippen LogP contribution in [0, 0.1) is 47.3 Å². The van der Waals surface area contributed by atoms with Gasteiger partial charge in [0.2, 0.25) is 0 Å². The van der Waals surface area contributed by atoms with Gasteiger partial charge in [-0.05, 0) is 36.4 Å². The Morgan fingerprint density at radius 2 is 1.37 bits per heavy atom. The molecule has 0 saturated heterocycles. The molecule has 0 aliphatic heterocycles. The first-order valence-corrected chi connectivity index (χ1v) is 7.84. The molecule has 0 N–H and O–H groups in total. The fourth-order valence-corrected chi connectivity index (χ4v) is 1.63. The standard InChI is InChI=1S/C7H6F2O.C7H5F2O.C7H5FO.Li/c2*1-10-5-2-3-6(8)7(9)4-5;1-9-7-4-2-6(8)3-5-7;/h2-4H,1H3;2-3H,1H3;2,4H,1H3;/q;-1;;+1. The van der Waals surface area contributed by atoms with E-state index in [1.54, 1.807) is 0 Å². The van der Waals surface area contributed by atoms with E-state index >= 15 is 0 Å². The van der Waals surface area contributed by atoms with Gasteiger partial charge in [-0.25, -0.2) is 13.2 Å². The Labute approximate surface area is 183 Å². The van der Waals surface area contributed by atoms with Gasteiger partial charge in [0.1, 0.15) is 5.75 Å². The van der Waals surface area contributed by atoms with Crippen molar-refractivity contribution in [2.75, 3.05) is 21.3 Å². The van der Waals surface area contributed by atoms with Gasteiger partial charge in [0.05, 0.1) is 21.3 Å².